The van der Waals surface area contributed by atoms with E-state index in [1.54, 1.807) is 22.1 Å². The molecule has 5 rings (SSSR count). The first-order chi connectivity index (χ1) is 12.9. The van der Waals surface area contributed by atoms with E-state index < -0.39 is 9.84 Å². The highest BCUT2D eigenvalue weighted by molar-refractivity contribution is 7.92. The Kier molecular flexibility index (Phi) is 3.83. The molecule has 5 nitrogen and oxygen atoms in total. The Morgan fingerprint density at radius 2 is 2.04 bits per heavy atom. The smallest absolute Gasteiger partial charge is 0.183 e. The fourth-order valence-corrected chi connectivity index (χ4v) is 7.52. The fraction of sp³-hybridized carbons (Fsp3) is 0.350. The predicted octanol–water partition coefficient (Wildman–Crippen LogP) is 3.21. The number of rotatable bonds is 3. The van der Waals surface area contributed by atoms with Crippen molar-refractivity contribution in [3.63, 3.8) is 0 Å². The van der Waals surface area contributed by atoms with E-state index in [0.29, 0.717) is 11.4 Å². The number of nitrogens with zero attached hydrogens (tertiary/aromatic N) is 3. The minimum absolute atomic E-state index is 0.0580. The number of aromatic nitrogens is 2. The minimum atomic E-state index is -3.26. The Morgan fingerprint density at radius 3 is 2.74 bits per heavy atom. The zero-order chi connectivity index (χ0) is 18.8. The van der Waals surface area contributed by atoms with E-state index in [4.69, 9.17) is 0 Å². The minimum Gasteiger partial charge on any atom is -0.296 e. The molecule has 1 aromatic carbocycles. The summed E-state index contributed by atoms with van der Waals surface area (Å²) >= 11 is 1.79. The largest absolute Gasteiger partial charge is 0.296 e. The molecule has 1 saturated heterocycles. The highest BCUT2D eigenvalue weighted by Crippen LogP contribution is 2.46. The van der Waals surface area contributed by atoms with E-state index in [9.17, 15) is 8.42 Å². The second-order valence-electron chi connectivity index (χ2n) is 7.55. The molecule has 0 amide bonds. The highest BCUT2D eigenvalue weighted by atomic mass is 32.2. The molecule has 0 unspecified atom stereocenters. The van der Waals surface area contributed by atoms with Gasteiger partial charge in [0.1, 0.15) is 0 Å². The first-order valence-electron chi connectivity index (χ1n) is 9.06. The molecule has 2 aliphatic heterocycles. The third kappa shape index (κ3) is 2.76. The molecule has 7 heteroatoms. The van der Waals surface area contributed by atoms with Crippen LogP contribution < -0.4 is 0 Å². The number of hydrogen-bond acceptors (Lipinski definition) is 5. The number of thiophene rings is 1. The average Bonchev–Trinajstić information content (AvgIpc) is 3.37. The molecule has 0 radical (unpaired) electrons. The summed E-state index contributed by atoms with van der Waals surface area (Å²) in [4.78, 5) is 5.41. The summed E-state index contributed by atoms with van der Waals surface area (Å²) in [5.74, 6) is 0.0580. The molecule has 0 bridgehead atoms. The van der Waals surface area contributed by atoms with Crippen molar-refractivity contribution in [2.75, 3.05) is 13.1 Å². The quantitative estimate of drug-likeness (QED) is 0.679. The van der Waals surface area contributed by atoms with E-state index in [0.717, 1.165) is 29.8 Å². The van der Waals surface area contributed by atoms with E-state index in [2.05, 4.69) is 35.1 Å². The summed E-state index contributed by atoms with van der Waals surface area (Å²) in [5.41, 5.74) is 3.03. The van der Waals surface area contributed by atoms with Crippen LogP contribution in [0.2, 0.25) is 0 Å². The van der Waals surface area contributed by atoms with Gasteiger partial charge in [-0.05, 0) is 42.3 Å². The molecule has 27 heavy (non-hydrogen) atoms. The van der Waals surface area contributed by atoms with Crippen LogP contribution in [-0.2, 0) is 23.4 Å². The summed E-state index contributed by atoms with van der Waals surface area (Å²) in [6.45, 7) is 4.34. The number of likely N-dealkylation sites (tertiary alicyclic amines) is 1. The number of fused-ring (bicyclic) bond motifs is 3. The van der Waals surface area contributed by atoms with Gasteiger partial charge < -0.3 is 0 Å². The normalized spacial score (nSPS) is 23.5. The van der Waals surface area contributed by atoms with Crippen LogP contribution in [0.1, 0.15) is 21.2 Å². The van der Waals surface area contributed by atoms with Gasteiger partial charge in [0, 0.05) is 54.1 Å². The van der Waals surface area contributed by atoms with Crippen molar-refractivity contribution in [3.05, 3.63) is 58.0 Å². The van der Waals surface area contributed by atoms with Crippen molar-refractivity contribution in [2.45, 2.75) is 29.5 Å². The van der Waals surface area contributed by atoms with Crippen LogP contribution in [0.3, 0.4) is 0 Å². The van der Waals surface area contributed by atoms with Gasteiger partial charge >= 0.3 is 0 Å². The summed E-state index contributed by atoms with van der Waals surface area (Å²) in [7, 11) is -1.37. The molecule has 140 valence electrons. The average molecular weight is 400 g/mol. The molecule has 1 fully saturated rings. The lowest BCUT2D eigenvalue weighted by atomic mass is 9.95. The van der Waals surface area contributed by atoms with E-state index in [-0.39, 0.29) is 11.2 Å². The van der Waals surface area contributed by atoms with Crippen LogP contribution in [-0.4, -0.2) is 41.4 Å². The molecule has 2 aromatic heterocycles. The molecule has 2 aliphatic rings. The van der Waals surface area contributed by atoms with Crippen LogP contribution in [0.25, 0.3) is 11.1 Å². The van der Waals surface area contributed by atoms with Gasteiger partial charge in [0.2, 0.25) is 0 Å². The van der Waals surface area contributed by atoms with Gasteiger partial charge in [-0.25, -0.2) is 8.42 Å². The van der Waals surface area contributed by atoms with Crippen molar-refractivity contribution in [1.82, 2.24) is 14.7 Å². The van der Waals surface area contributed by atoms with Gasteiger partial charge in [0.15, 0.2) is 9.84 Å². The van der Waals surface area contributed by atoms with Gasteiger partial charge in [-0.1, -0.05) is 6.07 Å². The Morgan fingerprint density at radius 1 is 1.19 bits per heavy atom. The number of hydrogen-bond donors (Lipinski definition) is 0. The summed E-state index contributed by atoms with van der Waals surface area (Å²) in [6.07, 6.45) is 3.78. The lowest BCUT2D eigenvalue weighted by Crippen LogP contribution is -2.25. The third-order valence-corrected chi connectivity index (χ3v) is 8.91. The molecule has 2 atom stereocenters. The van der Waals surface area contributed by atoms with Gasteiger partial charge in [-0.3, -0.25) is 9.58 Å². The Hall–Kier alpha value is -1.96. The molecular formula is C20H21N3O2S2. The lowest BCUT2D eigenvalue weighted by molar-refractivity contribution is 0.328. The van der Waals surface area contributed by atoms with Crippen molar-refractivity contribution in [3.8, 4) is 11.1 Å². The van der Waals surface area contributed by atoms with Crippen LogP contribution in [0.15, 0.2) is 47.6 Å². The number of sulfone groups is 1. The zero-order valence-corrected chi connectivity index (χ0v) is 16.9. The van der Waals surface area contributed by atoms with Crippen LogP contribution in [0.5, 0.6) is 0 Å². The van der Waals surface area contributed by atoms with Crippen molar-refractivity contribution < 1.29 is 8.42 Å². The van der Waals surface area contributed by atoms with Crippen LogP contribution in [0, 0.1) is 6.92 Å². The summed E-state index contributed by atoms with van der Waals surface area (Å²) < 4.78 is 27.9. The maximum Gasteiger partial charge on any atom is 0.183 e. The zero-order valence-electron chi connectivity index (χ0n) is 15.3. The van der Waals surface area contributed by atoms with Crippen LogP contribution in [0.4, 0.5) is 0 Å². The molecule has 0 saturated carbocycles. The van der Waals surface area contributed by atoms with Crippen molar-refractivity contribution >= 4 is 21.2 Å². The first kappa shape index (κ1) is 17.2. The number of benzene rings is 1. The third-order valence-electron chi connectivity index (χ3n) is 5.67. The second kappa shape index (κ2) is 6.02. The van der Waals surface area contributed by atoms with E-state index in [1.807, 2.05) is 25.5 Å². The Labute approximate surface area is 163 Å². The lowest BCUT2D eigenvalue weighted by Gasteiger charge is -2.16. The Balaban J connectivity index is 1.48. The maximum absolute atomic E-state index is 13.1. The van der Waals surface area contributed by atoms with Crippen molar-refractivity contribution in [2.24, 2.45) is 7.05 Å². The molecule has 0 aliphatic carbocycles. The SMILES string of the molecule is Cc1ccc(CN2C[C@@H]3c4cc(-c5cnn(C)c5)ccc4S(=O)(=O)[C@@H]3C2)s1. The molecule has 3 aromatic rings. The first-order valence-corrected chi connectivity index (χ1v) is 11.4. The maximum atomic E-state index is 13.1. The Bertz CT molecular complexity index is 1130. The second-order valence-corrected chi connectivity index (χ2v) is 11.1. The van der Waals surface area contributed by atoms with E-state index >= 15 is 0 Å². The fourth-order valence-electron chi connectivity index (χ4n) is 4.39. The van der Waals surface area contributed by atoms with Gasteiger partial charge in [0.05, 0.1) is 16.3 Å². The van der Waals surface area contributed by atoms with Crippen molar-refractivity contribution in [1.29, 1.82) is 0 Å². The molecular weight excluding hydrogens is 378 g/mol. The van der Waals surface area contributed by atoms with Gasteiger partial charge in [-0.2, -0.15) is 5.10 Å². The highest BCUT2D eigenvalue weighted by Gasteiger charge is 2.50. The monoisotopic (exact) mass is 399 g/mol. The predicted molar refractivity (Wildman–Crippen MR) is 107 cm³/mol. The van der Waals surface area contributed by atoms with Crippen LogP contribution >= 0.6 is 11.3 Å². The van der Waals surface area contributed by atoms with Gasteiger partial charge in [0.25, 0.3) is 0 Å². The van der Waals surface area contributed by atoms with Gasteiger partial charge in [-0.15, -0.1) is 11.3 Å². The topological polar surface area (TPSA) is 55.2 Å². The standard InChI is InChI=1S/C20H21N3O2S2/c1-13-3-5-16(26-13)10-23-11-18-17-7-14(15-8-21-22(2)9-15)4-6-19(17)27(24,25)20(18)12-23/h3-9,18,20H,10-12H2,1-2H3/t18-,20-/m1/s1. The molecule has 4 heterocycles. The molecule has 0 spiro atoms. The number of aryl methyl sites for hydroxylation is 2. The summed E-state index contributed by atoms with van der Waals surface area (Å²) in [5, 5.41) is 3.91. The summed E-state index contributed by atoms with van der Waals surface area (Å²) in [6, 6.07) is 10.0. The van der Waals surface area contributed by atoms with E-state index in [1.165, 1.54) is 9.75 Å². The molecule has 0 N–H and O–H groups in total.